The van der Waals surface area contributed by atoms with E-state index < -0.39 is 4.92 Å². The van der Waals surface area contributed by atoms with E-state index in [0.29, 0.717) is 16.7 Å². The highest BCUT2D eigenvalue weighted by molar-refractivity contribution is 7.99. The molecular formula is C7H6Cl2N2O2S. The minimum absolute atomic E-state index is 0.0763. The molecule has 4 nitrogen and oxygen atoms in total. The fourth-order valence-electron chi connectivity index (χ4n) is 0.793. The molecule has 0 amide bonds. The lowest BCUT2D eigenvalue weighted by Gasteiger charge is -1.99. The van der Waals surface area contributed by atoms with Crippen LogP contribution in [0.15, 0.2) is 17.3 Å². The Morgan fingerprint density at radius 2 is 2.36 bits per heavy atom. The zero-order valence-corrected chi connectivity index (χ0v) is 9.27. The summed E-state index contributed by atoms with van der Waals surface area (Å²) in [4.78, 5) is 14.0. The van der Waals surface area contributed by atoms with E-state index >= 15 is 0 Å². The molecule has 1 heterocycles. The molecule has 0 fully saturated rings. The van der Waals surface area contributed by atoms with Crippen LogP contribution in [-0.2, 0) is 0 Å². The molecule has 0 radical (unpaired) electrons. The van der Waals surface area contributed by atoms with Crippen LogP contribution in [-0.4, -0.2) is 21.5 Å². The van der Waals surface area contributed by atoms with Crippen LogP contribution in [0, 0.1) is 10.1 Å². The molecule has 0 saturated heterocycles. The number of hydrogen-bond acceptors (Lipinski definition) is 4. The van der Waals surface area contributed by atoms with Gasteiger partial charge in [0.1, 0.15) is 0 Å². The highest BCUT2D eigenvalue weighted by atomic mass is 35.5. The Kier molecular flexibility index (Phi) is 4.44. The summed E-state index contributed by atoms with van der Waals surface area (Å²) in [5.74, 6) is 1.00. The van der Waals surface area contributed by atoms with E-state index in [1.807, 2.05) is 0 Å². The van der Waals surface area contributed by atoms with Gasteiger partial charge in [-0.2, -0.15) is 0 Å². The second-order valence-corrected chi connectivity index (χ2v) is 4.17. The number of halogens is 2. The molecule has 0 aliphatic heterocycles. The van der Waals surface area contributed by atoms with Gasteiger partial charge in [0, 0.05) is 23.9 Å². The third-order valence-electron chi connectivity index (χ3n) is 1.31. The van der Waals surface area contributed by atoms with Crippen molar-refractivity contribution in [2.24, 2.45) is 0 Å². The Labute approximate surface area is 94.8 Å². The summed E-state index contributed by atoms with van der Waals surface area (Å²) in [7, 11) is 0. The molecule has 1 aromatic rings. The summed E-state index contributed by atoms with van der Waals surface area (Å²) in [6, 6.07) is 1.28. The smallest absolute Gasteiger partial charge is 0.258 e. The minimum atomic E-state index is -0.505. The van der Waals surface area contributed by atoms with Crippen LogP contribution >= 0.6 is 35.0 Å². The molecule has 0 aromatic carbocycles. The number of thioether (sulfide) groups is 1. The van der Waals surface area contributed by atoms with Gasteiger partial charge >= 0.3 is 5.69 Å². The fourth-order valence-corrected chi connectivity index (χ4v) is 1.86. The maximum absolute atomic E-state index is 10.6. The van der Waals surface area contributed by atoms with E-state index in [2.05, 4.69) is 4.98 Å². The first-order valence-corrected chi connectivity index (χ1v) is 5.53. The zero-order valence-electron chi connectivity index (χ0n) is 6.94. The lowest BCUT2D eigenvalue weighted by atomic mass is 10.4. The van der Waals surface area contributed by atoms with Gasteiger partial charge in [-0.1, -0.05) is 23.4 Å². The van der Waals surface area contributed by atoms with Crippen molar-refractivity contribution in [3.05, 3.63) is 27.4 Å². The lowest BCUT2D eigenvalue weighted by molar-refractivity contribution is -0.388. The van der Waals surface area contributed by atoms with E-state index in [9.17, 15) is 10.1 Å². The van der Waals surface area contributed by atoms with Gasteiger partial charge < -0.3 is 0 Å². The first kappa shape index (κ1) is 11.6. The van der Waals surface area contributed by atoms with Gasteiger partial charge in [-0.25, -0.2) is 4.98 Å². The molecule has 0 atom stereocenters. The van der Waals surface area contributed by atoms with Gasteiger partial charge in [0.05, 0.1) is 9.95 Å². The Hall–Kier alpha value is -0.520. The second kappa shape index (κ2) is 5.38. The topological polar surface area (TPSA) is 56.0 Å². The van der Waals surface area contributed by atoms with Crippen LogP contribution < -0.4 is 0 Å². The van der Waals surface area contributed by atoms with E-state index in [4.69, 9.17) is 23.2 Å². The average molecular weight is 253 g/mol. The van der Waals surface area contributed by atoms with Crippen LogP contribution in [0.4, 0.5) is 5.69 Å². The van der Waals surface area contributed by atoms with Crippen LogP contribution in [0.1, 0.15) is 0 Å². The zero-order chi connectivity index (χ0) is 10.6. The summed E-state index contributed by atoms with van der Waals surface area (Å²) in [6.45, 7) is 0. The van der Waals surface area contributed by atoms with Crippen molar-refractivity contribution in [1.29, 1.82) is 0 Å². The molecule has 0 aliphatic carbocycles. The van der Waals surface area contributed by atoms with Crippen molar-refractivity contribution >= 4 is 40.7 Å². The molecule has 0 bridgehead atoms. The van der Waals surface area contributed by atoms with E-state index in [1.54, 1.807) is 0 Å². The van der Waals surface area contributed by atoms with Crippen molar-refractivity contribution in [2.45, 2.75) is 5.03 Å². The predicted octanol–water partition coefficient (Wildman–Crippen LogP) is 2.97. The summed E-state index contributed by atoms with van der Waals surface area (Å²) < 4.78 is 0. The molecule has 76 valence electrons. The minimum Gasteiger partial charge on any atom is -0.258 e. The number of pyridine rings is 1. The maximum Gasteiger partial charge on any atom is 0.302 e. The standard InChI is InChI=1S/C7H6Cl2N2O2S/c8-1-2-14-7-6(11(12)13)3-5(9)4-10-7/h3-4H,1-2H2. The monoisotopic (exact) mass is 252 g/mol. The average Bonchev–Trinajstić information content (AvgIpc) is 2.15. The number of aromatic nitrogens is 1. The number of nitrogens with zero attached hydrogens (tertiary/aromatic N) is 2. The van der Waals surface area contributed by atoms with Gasteiger partial charge in [0.25, 0.3) is 0 Å². The fraction of sp³-hybridized carbons (Fsp3) is 0.286. The van der Waals surface area contributed by atoms with Crippen LogP contribution in [0.25, 0.3) is 0 Å². The van der Waals surface area contributed by atoms with E-state index in [1.165, 1.54) is 24.0 Å². The number of rotatable bonds is 4. The summed E-state index contributed by atoms with van der Waals surface area (Å²) in [5, 5.41) is 11.2. The molecule has 0 aliphatic rings. The molecule has 0 spiro atoms. The molecular weight excluding hydrogens is 247 g/mol. The normalized spacial score (nSPS) is 10.1. The lowest BCUT2D eigenvalue weighted by Crippen LogP contribution is -1.94. The van der Waals surface area contributed by atoms with Gasteiger partial charge in [0.15, 0.2) is 5.03 Å². The second-order valence-electron chi connectivity index (χ2n) is 2.27. The van der Waals surface area contributed by atoms with Gasteiger partial charge in [-0.15, -0.1) is 11.6 Å². The Morgan fingerprint density at radius 1 is 1.64 bits per heavy atom. The highest BCUT2D eigenvalue weighted by Gasteiger charge is 2.15. The molecule has 0 saturated carbocycles. The Balaban J connectivity index is 2.96. The van der Waals surface area contributed by atoms with Gasteiger partial charge in [-0.05, 0) is 0 Å². The quantitative estimate of drug-likeness (QED) is 0.358. The summed E-state index contributed by atoms with van der Waals surface area (Å²) in [5.41, 5.74) is -0.0763. The molecule has 7 heteroatoms. The molecule has 14 heavy (non-hydrogen) atoms. The molecule has 1 aromatic heterocycles. The van der Waals surface area contributed by atoms with Gasteiger partial charge in [0.2, 0.25) is 0 Å². The third-order valence-corrected chi connectivity index (χ3v) is 2.93. The molecule has 0 unspecified atom stereocenters. The third kappa shape index (κ3) is 3.01. The van der Waals surface area contributed by atoms with Crippen molar-refractivity contribution < 1.29 is 4.92 Å². The van der Waals surface area contributed by atoms with E-state index in [-0.39, 0.29) is 10.7 Å². The van der Waals surface area contributed by atoms with Crippen molar-refractivity contribution in [3.63, 3.8) is 0 Å². The Bertz CT molecular complexity index is 348. The van der Waals surface area contributed by atoms with Crippen molar-refractivity contribution in [2.75, 3.05) is 11.6 Å². The first-order valence-electron chi connectivity index (χ1n) is 3.64. The number of alkyl halides is 1. The van der Waals surface area contributed by atoms with Gasteiger partial charge in [-0.3, -0.25) is 10.1 Å². The van der Waals surface area contributed by atoms with Crippen LogP contribution in [0.2, 0.25) is 5.02 Å². The molecule has 0 N–H and O–H groups in total. The van der Waals surface area contributed by atoms with Crippen molar-refractivity contribution in [1.82, 2.24) is 4.98 Å². The van der Waals surface area contributed by atoms with Crippen LogP contribution in [0.5, 0.6) is 0 Å². The summed E-state index contributed by atoms with van der Waals surface area (Å²) in [6.07, 6.45) is 1.38. The van der Waals surface area contributed by atoms with Crippen LogP contribution in [0.3, 0.4) is 0 Å². The number of nitro groups is 1. The summed E-state index contributed by atoms with van der Waals surface area (Å²) >= 11 is 12.3. The maximum atomic E-state index is 10.6. The SMILES string of the molecule is O=[N+]([O-])c1cc(Cl)cnc1SCCCl. The van der Waals surface area contributed by atoms with E-state index in [0.717, 1.165) is 0 Å². The first-order chi connectivity index (χ1) is 6.65. The Morgan fingerprint density at radius 3 is 2.93 bits per heavy atom. The molecule has 1 rings (SSSR count). The number of hydrogen-bond donors (Lipinski definition) is 0. The predicted molar refractivity (Wildman–Crippen MR) is 57.3 cm³/mol. The largest absolute Gasteiger partial charge is 0.302 e. The van der Waals surface area contributed by atoms with Crippen molar-refractivity contribution in [3.8, 4) is 0 Å². The highest BCUT2D eigenvalue weighted by Crippen LogP contribution is 2.28.